The molecule has 23 heavy (non-hydrogen) atoms. The van der Waals surface area contributed by atoms with E-state index in [1.165, 1.54) is 32.1 Å². The van der Waals surface area contributed by atoms with Crippen LogP contribution in [0.3, 0.4) is 0 Å². The molecule has 0 radical (unpaired) electrons. The van der Waals surface area contributed by atoms with Gasteiger partial charge in [-0.15, -0.1) is 0 Å². The lowest BCUT2D eigenvalue weighted by Gasteiger charge is -2.30. The number of carbonyl (C=O) groups excluding carboxylic acids is 2. The van der Waals surface area contributed by atoms with E-state index in [0.717, 1.165) is 25.7 Å². The van der Waals surface area contributed by atoms with E-state index in [2.05, 4.69) is 10.6 Å². The Morgan fingerprint density at radius 1 is 1.04 bits per heavy atom. The summed E-state index contributed by atoms with van der Waals surface area (Å²) in [6.45, 7) is 2.40. The second-order valence-corrected chi connectivity index (χ2v) is 7.47. The van der Waals surface area contributed by atoms with Gasteiger partial charge >= 0.3 is 0 Å². The Balaban J connectivity index is 1.65. The van der Waals surface area contributed by atoms with E-state index in [1.807, 2.05) is 6.92 Å². The number of nitrogens with two attached hydrogens (primary N) is 1. The van der Waals surface area contributed by atoms with Gasteiger partial charge in [-0.1, -0.05) is 19.3 Å². The van der Waals surface area contributed by atoms with Crippen molar-refractivity contribution in [3.8, 4) is 0 Å². The van der Waals surface area contributed by atoms with Crippen molar-refractivity contribution in [3.05, 3.63) is 0 Å². The molecule has 2 rings (SSSR count). The highest BCUT2D eigenvalue weighted by molar-refractivity contribution is 5.79. The molecule has 2 amide bonds. The number of hydrogen-bond donors (Lipinski definition) is 3. The third-order valence-electron chi connectivity index (χ3n) is 5.40. The van der Waals surface area contributed by atoms with Crippen LogP contribution in [-0.4, -0.2) is 30.4 Å². The fourth-order valence-electron chi connectivity index (χ4n) is 3.86. The summed E-state index contributed by atoms with van der Waals surface area (Å²) in [4.78, 5) is 24.3. The molecule has 5 nitrogen and oxygen atoms in total. The summed E-state index contributed by atoms with van der Waals surface area (Å²) < 4.78 is 0. The summed E-state index contributed by atoms with van der Waals surface area (Å²) in [5, 5.41) is 6.14. The summed E-state index contributed by atoms with van der Waals surface area (Å²) in [5.74, 6) is 0.996. The number of amides is 2. The van der Waals surface area contributed by atoms with Crippen LogP contribution in [0.4, 0.5) is 0 Å². The van der Waals surface area contributed by atoms with Crippen LogP contribution in [0.25, 0.3) is 0 Å². The molecule has 0 aromatic carbocycles. The van der Waals surface area contributed by atoms with E-state index in [1.54, 1.807) is 0 Å². The second-order valence-electron chi connectivity index (χ2n) is 7.47. The quantitative estimate of drug-likeness (QED) is 0.700. The summed E-state index contributed by atoms with van der Waals surface area (Å²) in [5.41, 5.74) is 5.54. The first-order valence-electron chi connectivity index (χ1n) is 9.38. The molecule has 0 aromatic rings. The van der Waals surface area contributed by atoms with Gasteiger partial charge in [-0.2, -0.15) is 0 Å². The molecule has 4 N–H and O–H groups in total. The van der Waals surface area contributed by atoms with Gasteiger partial charge in [0.1, 0.15) is 0 Å². The van der Waals surface area contributed by atoms with Gasteiger partial charge in [0.2, 0.25) is 11.8 Å². The minimum Gasteiger partial charge on any atom is -0.353 e. The van der Waals surface area contributed by atoms with Crippen LogP contribution in [0, 0.1) is 11.8 Å². The SMILES string of the molecule is C[C@@H](CN)NC(=O)C1CCC(NC(=O)CC2CCCCC2)CC1. The van der Waals surface area contributed by atoms with Gasteiger partial charge in [0.05, 0.1) is 0 Å². The van der Waals surface area contributed by atoms with E-state index in [0.29, 0.717) is 18.9 Å². The Labute approximate surface area is 140 Å². The smallest absolute Gasteiger partial charge is 0.223 e. The van der Waals surface area contributed by atoms with Crippen molar-refractivity contribution in [1.29, 1.82) is 0 Å². The summed E-state index contributed by atoms with van der Waals surface area (Å²) in [6.07, 6.45) is 10.5. The summed E-state index contributed by atoms with van der Waals surface area (Å²) >= 11 is 0. The molecular formula is C18H33N3O2. The lowest BCUT2D eigenvalue weighted by atomic mass is 9.84. The zero-order valence-corrected chi connectivity index (χ0v) is 14.5. The van der Waals surface area contributed by atoms with E-state index < -0.39 is 0 Å². The highest BCUT2D eigenvalue weighted by Gasteiger charge is 2.28. The standard InChI is InChI=1S/C18H33N3O2/c1-13(12-19)20-18(23)15-7-9-16(10-8-15)21-17(22)11-14-5-3-2-4-6-14/h13-16H,2-12,19H2,1H3,(H,20,23)(H,21,22)/t13-,15?,16?/m0/s1. The van der Waals surface area contributed by atoms with E-state index in [-0.39, 0.29) is 29.8 Å². The molecular weight excluding hydrogens is 290 g/mol. The third kappa shape index (κ3) is 6.13. The van der Waals surface area contributed by atoms with Crippen LogP contribution >= 0.6 is 0 Å². The van der Waals surface area contributed by atoms with Crippen molar-refractivity contribution >= 4 is 11.8 Å². The van der Waals surface area contributed by atoms with Crippen LogP contribution < -0.4 is 16.4 Å². The average molecular weight is 323 g/mol. The van der Waals surface area contributed by atoms with Gasteiger partial charge in [-0.25, -0.2) is 0 Å². The first-order chi connectivity index (χ1) is 11.1. The Hall–Kier alpha value is -1.10. The van der Waals surface area contributed by atoms with E-state index >= 15 is 0 Å². The molecule has 2 fully saturated rings. The van der Waals surface area contributed by atoms with Crippen molar-refractivity contribution in [3.63, 3.8) is 0 Å². The number of carbonyl (C=O) groups is 2. The van der Waals surface area contributed by atoms with E-state index in [9.17, 15) is 9.59 Å². The Morgan fingerprint density at radius 2 is 1.70 bits per heavy atom. The van der Waals surface area contributed by atoms with Crippen molar-refractivity contribution in [2.24, 2.45) is 17.6 Å². The molecule has 2 aliphatic rings. The number of nitrogens with one attached hydrogen (secondary N) is 2. The zero-order chi connectivity index (χ0) is 16.7. The Bertz CT molecular complexity index is 386. The van der Waals surface area contributed by atoms with Crippen LogP contribution in [-0.2, 0) is 9.59 Å². The molecule has 1 atom stereocenters. The van der Waals surface area contributed by atoms with Crippen molar-refractivity contribution in [2.75, 3.05) is 6.54 Å². The molecule has 0 heterocycles. The topological polar surface area (TPSA) is 84.2 Å². The molecule has 0 aliphatic heterocycles. The van der Waals surface area contributed by atoms with Crippen LogP contribution in [0.1, 0.15) is 71.1 Å². The molecule has 0 unspecified atom stereocenters. The normalized spacial score (nSPS) is 27.2. The van der Waals surface area contributed by atoms with Crippen molar-refractivity contribution in [2.45, 2.75) is 83.2 Å². The highest BCUT2D eigenvalue weighted by Crippen LogP contribution is 2.27. The van der Waals surface area contributed by atoms with Gasteiger partial charge in [-0.3, -0.25) is 9.59 Å². The molecule has 2 saturated carbocycles. The third-order valence-corrected chi connectivity index (χ3v) is 5.40. The van der Waals surface area contributed by atoms with Crippen LogP contribution in [0.2, 0.25) is 0 Å². The average Bonchev–Trinajstić information content (AvgIpc) is 2.56. The van der Waals surface area contributed by atoms with Crippen molar-refractivity contribution < 1.29 is 9.59 Å². The fourth-order valence-corrected chi connectivity index (χ4v) is 3.86. The molecule has 0 spiro atoms. The van der Waals surface area contributed by atoms with Crippen LogP contribution in [0.15, 0.2) is 0 Å². The minimum atomic E-state index is 0.0374. The minimum absolute atomic E-state index is 0.0374. The molecule has 132 valence electrons. The maximum atomic E-state index is 12.2. The van der Waals surface area contributed by atoms with Gasteiger partial charge in [0.15, 0.2) is 0 Å². The van der Waals surface area contributed by atoms with Gasteiger partial charge in [0, 0.05) is 31.0 Å². The molecule has 5 heteroatoms. The van der Waals surface area contributed by atoms with Gasteiger partial charge < -0.3 is 16.4 Å². The number of rotatable bonds is 6. The summed E-state index contributed by atoms with van der Waals surface area (Å²) in [7, 11) is 0. The van der Waals surface area contributed by atoms with E-state index in [4.69, 9.17) is 5.73 Å². The Kier molecular flexibility index (Phi) is 7.34. The van der Waals surface area contributed by atoms with Crippen molar-refractivity contribution in [1.82, 2.24) is 10.6 Å². The lowest BCUT2D eigenvalue weighted by molar-refractivity contribution is -0.126. The molecule has 0 bridgehead atoms. The van der Waals surface area contributed by atoms with Gasteiger partial charge in [-0.05, 0) is 51.4 Å². The van der Waals surface area contributed by atoms with Crippen LogP contribution in [0.5, 0.6) is 0 Å². The lowest BCUT2D eigenvalue weighted by Crippen LogP contribution is -2.44. The zero-order valence-electron chi connectivity index (χ0n) is 14.5. The fraction of sp³-hybridized carbons (Fsp3) is 0.889. The molecule has 2 aliphatic carbocycles. The largest absolute Gasteiger partial charge is 0.353 e. The predicted octanol–water partition coefficient (Wildman–Crippen LogP) is 2.10. The Morgan fingerprint density at radius 3 is 2.30 bits per heavy atom. The second kappa shape index (κ2) is 9.26. The molecule has 0 aromatic heterocycles. The summed E-state index contributed by atoms with van der Waals surface area (Å²) in [6, 6.07) is 0.289. The molecule has 0 saturated heterocycles. The maximum Gasteiger partial charge on any atom is 0.223 e. The first-order valence-corrected chi connectivity index (χ1v) is 9.38. The van der Waals surface area contributed by atoms with Gasteiger partial charge in [0.25, 0.3) is 0 Å². The maximum absolute atomic E-state index is 12.2. The predicted molar refractivity (Wildman–Crippen MR) is 91.7 cm³/mol. The monoisotopic (exact) mass is 323 g/mol. The first kappa shape index (κ1) is 18.2. The number of hydrogen-bond acceptors (Lipinski definition) is 3. The highest BCUT2D eigenvalue weighted by atomic mass is 16.2.